The predicted molar refractivity (Wildman–Crippen MR) is 161 cm³/mol. The van der Waals surface area contributed by atoms with Crippen molar-refractivity contribution in [1.82, 2.24) is 0 Å². The van der Waals surface area contributed by atoms with Gasteiger partial charge in [-0.3, -0.25) is 0 Å². The van der Waals surface area contributed by atoms with Crippen LogP contribution in [0.2, 0.25) is 0 Å². The summed E-state index contributed by atoms with van der Waals surface area (Å²) >= 11 is 0. The van der Waals surface area contributed by atoms with Crippen molar-refractivity contribution in [3.63, 3.8) is 0 Å². The number of hydrogen-bond acceptors (Lipinski definition) is 9. The van der Waals surface area contributed by atoms with Crippen LogP contribution in [0.3, 0.4) is 0 Å². The van der Waals surface area contributed by atoms with Crippen LogP contribution in [0.25, 0.3) is 0 Å². The number of aliphatic hydroxyl groups excluding tert-OH is 1. The number of aliphatic hydroxyl groups is 1. The molecule has 4 atom stereocenters. The fourth-order valence-corrected chi connectivity index (χ4v) is 6.69. The molecule has 1 unspecified atom stereocenters. The topological polar surface area (TPSA) is 94.1 Å². The molecule has 0 bridgehead atoms. The van der Waals surface area contributed by atoms with E-state index < -0.39 is 17.8 Å². The first kappa shape index (κ1) is 28.0. The highest BCUT2D eigenvalue weighted by molar-refractivity contribution is 5.67. The third kappa shape index (κ3) is 4.10. The second kappa shape index (κ2) is 10.7. The van der Waals surface area contributed by atoms with Gasteiger partial charge in [0, 0.05) is 23.8 Å². The van der Waals surface area contributed by atoms with Crippen molar-refractivity contribution >= 4 is 0 Å². The predicted octanol–water partition coefficient (Wildman–Crippen LogP) is 6.25. The van der Waals surface area contributed by atoms with E-state index in [0.29, 0.717) is 57.8 Å². The molecule has 3 heterocycles. The van der Waals surface area contributed by atoms with Gasteiger partial charge in [-0.05, 0) is 48.2 Å². The fraction of sp³-hybridized carbons (Fsp3) is 0.314. The van der Waals surface area contributed by atoms with Gasteiger partial charge in [-0.2, -0.15) is 0 Å². The maximum atomic E-state index is 12.4. The largest absolute Gasteiger partial charge is 0.497 e. The molecule has 0 saturated heterocycles. The molecule has 228 valence electrons. The molecule has 9 nitrogen and oxygen atoms in total. The average molecular weight is 599 g/mol. The lowest BCUT2D eigenvalue weighted by atomic mass is 9.78. The third-order valence-corrected chi connectivity index (χ3v) is 8.87. The highest BCUT2D eigenvalue weighted by atomic mass is 16.6. The minimum Gasteiger partial charge on any atom is -0.497 e. The summed E-state index contributed by atoms with van der Waals surface area (Å²) in [6.45, 7) is 0. The molecule has 0 radical (unpaired) electrons. The molecule has 3 aliphatic rings. The van der Waals surface area contributed by atoms with Gasteiger partial charge in [-0.15, -0.1) is 0 Å². The van der Waals surface area contributed by atoms with Crippen LogP contribution in [0, 0.1) is 0 Å². The maximum Gasteiger partial charge on any atom is 0.212 e. The maximum absolute atomic E-state index is 12.4. The molecule has 0 aliphatic carbocycles. The Morgan fingerprint density at radius 3 is 1.93 bits per heavy atom. The fourth-order valence-electron chi connectivity index (χ4n) is 6.69. The zero-order valence-electron chi connectivity index (χ0n) is 25.2. The average Bonchev–Trinajstić information content (AvgIpc) is 3.57. The van der Waals surface area contributed by atoms with E-state index in [1.165, 1.54) is 0 Å². The van der Waals surface area contributed by atoms with E-state index in [9.17, 15) is 5.11 Å². The van der Waals surface area contributed by atoms with Crippen LogP contribution in [-0.4, -0.2) is 40.7 Å². The number of benzene rings is 4. The Balaban J connectivity index is 1.43. The van der Waals surface area contributed by atoms with Gasteiger partial charge < -0.3 is 43.0 Å². The quantitative estimate of drug-likeness (QED) is 0.265. The smallest absolute Gasteiger partial charge is 0.212 e. The van der Waals surface area contributed by atoms with Gasteiger partial charge in [-0.25, -0.2) is 0 Å². The lowest BCUT2D eigenvalue weighted by molar-refractivity contribution is -0.0886. The van der Waals surface area contributed by atoms with Crippen molar-refractivity contribution < 1.29 is 43.0 Å². The lowest BCUT2D eigenvalue weighted by Crippen LogP contribution is -2.40. The molecule has 44 heavy (non-hydrogen) atoms. The van der Waals surface area contributed by atoms with Gasteiger partial charge in [-0.1, -0.05) is 24.3 Å². The molecule has 1 spiro atoms. The summed E-state index contributed by atoms with van der Waals surface area (Å²) in [5.74, 6) is 4.65. The Labute approximate surface area is 255 Å². The summed E-state index contributed by atoms with van der Waals surface area (Å²) in [6.07, 6.45) is -0.778. The Morgan fingerprint density at radius 2 is 1.32 bits per heavy atom. The molecule has 9 heteroatoms. The van der Waals surface area contributed by atoms with Crippen LogP contribution in [0.1, 0.15) is 52.5 Å². The van der Waals surface area contributed by atoms with Gasteiger partial charge >= 0.3 is 0 Å². The van der Waals surface area contributed by atoms with E-state index in [0.717, 1.165) is 28.9 Å². The summed E-state index contributed by atoms with van der Waals surface area (Å²) in [6, 6.07) is 20.8. The van der Waals surface area contributed by atoms with Crippen molar-refractivity contribution in [3.8, 4) is 46.0 Å². The van der Waals surface area contributed by atoms with E-state index in [-0.39, 0.29) is 6.10 Å². The minimum atomic E-state index is -1.43. The molecule has 4 aromatic carbocycles. The van der Waals surface area contributed by atoms with Crippen LogP contribution >= 0.6 is 0 Å². The zero-order chi connectivity index (χ0) is 30.6. The van der Waals surface area contributed by atoms with Gasteiger partial charge in [0.2, 0.25) is 5.60 Å². The Bertz CT molecular complexity index is 1700. The van der Waals surface area contributed by atoms with Crippen molar-refractivity contribution in [1.29, 1.82) is 0 Å². The molecule has 0 aromatic heterocycles. The van der Waals surface area contributed by atoms with E-state index >= 15 is 0 Å². The van der Waals surface area contributed by atoms with E-state index in [2.05, 4.69) is 0 Å². The summed E-state index contributed by atoms with van der Waals surface area (Å²) in [5, 5.41) is 12.4. The standard InChI is InChI=1S/C35H34O9/c1-37-21-10-6-19(7-11-21)25-15-14-24-26(40-4)18-29-31(32(24)42-25)35(34(43-29)20-8-12-22(38-2)13-9-20)33(36)30-27(41-5)16-23(39-3)17-28(30)44-35/h6-13,16-18,25,33-34,36H,14-15H2,1-5H3/t25-,33?,34-,35+/m0/s1. The van der Waals surface area contributed by atoms with Crippen molar-refractivity contribution in [2.45, 2.75) is 36.8 Å². The molecular weight excluding hydrogens is 564 g/mol. The number of ether oxygens (including phenoxy) is 8. The number of rotatable bonds is 7. The monoisotopic (exact) mass is 598 g/mol. The van der Waals surface area contributed by atoms with Crippen LogP contribution in [0.4, 0.5) is 0 Å². The van der Waals surface area contributed by atoms with Gasteiger partial charge in [0.25, 0.3) is 0 Å². The van der Waals surface area contributed by atoms with Gasteiger partial charge in [0.15, 0.2) is 6.10 Å². The number of fused-ring (bicyclic) bond motifs is 5. The first-order chi connectivity index (χ1) is 21.4. The van der Waals surface area contributed by atoms with Crippen molar-refractivity contribution in [3.05, 3.63) is 94.5 Å². The molecule has 1 N–H and O–H groups in total. The molecular formula is C35H34O9. The molecule has 7 rings (SSSR count). The molecule has 0 saturated carbocycles. The van der Waals surface area contributed by atoms with Crippen LogP contribution in [0.5, 0.6) is 46.0 Å². The molecule has 0 fully saturated rings. The van der Waals surface area contributed by atoms with Gasteiger partial charge in [0.1, 0.15) is 58.2 Å². The normalized spacial score (nSPS) is 22.5. The Kier molecular flexibility index (Phi) is 6.85. The van der Waals surface area contributed by atoms with Gasteiger partial charge in [0.05, 0.1) is 46.7 Å². The zero-order valence-corrected chi connectivity index (χ0v) is 25.2. The summed E-state index contributed by atoms with van der Waals surface area (Å²) in [4.78, 5) is 0. The molecule has 4 aromatic rings. The van der Waals surface area contributed by atoms with Crippen LogP contribution < -0.4 is 37.9 Å². The van der Waals surface area contributed by atoms with Crippen LogP contribution in [-0.2, 0) is 12.0 Å². The van der Waals surface area contributed by atoms with Crippen molar-refractivity contribution in [2.75, 3.05) is 35.5 Å². The second-order valence-electron chi connectivity index (χ2n) is 11.0. The first-order valence-corrected chi connectivity index (χ1v) is 14.4. The molecule has 0 amide bonds. The number of methoxy groups -OCH3 is 5. The van der Waals surface area contributed by atoms with E-state index in [1.807, 2.05) is 54.6 Å². The summed E-state index contributed by atoms with van der Waals surface area (Å²) in [7, 11) is 8.03. The van der Waals surface area contributed by atoms with Crippen molar-refractivity contribution in [2.24, 2.45) is 0 Å². The van der Waals surface area contributed by atoms with E-state index in [4.69, 9.17) is 37.9 Å². The highest BCUT2D eigenvalue weighted by Crippen LogP contribution is 2.67. The first-order valence-electron chi connectivity index (χ1n) is 14.4. The van der Waals surface area contributed by atoms with E-state index in [1.54, 1.807) is 47.7 Å². The lowest BCUT2D eigenvalue weighted by Gasteiger charge is -2.36. The van der Waals surface area contributed by atoms with Crippen LogP contribution in [0.15, 0.2) is 66.7 Å². The highest BCUT2D eigenvalue weighted by Gasteiger charge is 2.64. The Hall–Kier alpha value is -4.76. The second-order valence-corrected chi connectivity index (χ2v) is 11.0. The SMILES string of the molecule is COc1ccc([C@@H]2CCc3c(OC)cc4c(c3O2)[C@]2(Oc3cc(OC)cc(OC)c3C2O)[C@H](c2ccc(OC)cc2)O4)cc1. The summed E-state index contributed by atoms with van der Waals surface area (Å²) < 4.78 is 48.4. The Morgan fingerprint density at radius 1 is 0.682 bits per heavy atom. The number of hydrogen-bond donors (Lipinski definition) is 1. The minimum absolute atomic E-state index is 0.253. The summed E-state index contributed by atoms with van der Waals surface area (Å²) in [5.41, 5.74) is 2.40. The third-order valence-electron chi connectivity index (χ3n) is 8.87. The molecule has 3 aliphatic heterocycles.